The molecular formula is C19H25N3O5S. The van der Waals surface area contributed by atoms with Gasteiger partial charge in [0.1, 0.15) is 11.5 Å². The molecule has 1 unspecified atom stereocenters. The minimum absolute atomic E-state index is 0.0500. The Morgan fingerprint density at radius 1 is 1.32 bits per heavy atom. The number of hydrazone groups is 1. The van der Waals surface area contributed by atoms with E-state index in [0.29, 0.717) is 19.6 Å². The molecule has 3 rings (SSSR count). The van der Waals surface area contributed by atoms with Crippen molar-refractivity contribution in [3.05, 3.63) is 29.8 Å². The molecule has 2 aliphatic rings. The SMILES string of the molecule is CCOc1ccccc1CN(C)C(=O)C1=NN(C2CCS(=O)(=O)C2)C(=O)CC1. The van der Waals surface area contributed by atoms with Gasteiger partial charge in [-0.3, -0.25) is 9.59 Å². The molecule has 9 heteroatoms. The predicted molar refractivity (Wildman–Crippen MR) is 105 cm³/mol. The van der Waals surface area contributed by atoms with Crippen LogP contribution in [0.2, 0.25) is 0 Å². The number of nitrogens with zero attached hydrogens (tertiary/aromatic N) is 3. The summed E-state index contributed by atoms with van der Waals surface area (Å²) >= 11 is 0. The summed E-state index contributed by atoms with van der Waals surface area (Å²) in [5.41, 5.74) is 1.16. The first kappa shape index (κ1) is 20.3. The van der Waals surface area contributed by atoms with E-state index in [9.17, 15) is 18.0 Å². The average Bonchev–Trinajstić information content (AvgIpc) is 3.03. The van der Waals surface area contributed by atoms with Crippen LogP contribution < -0.4 is 4.74 Å². The zero-order valence-electron chi connectivity index (χ0n) is 16.1. The smallest absolute Gasteiger partial charge is 0.270 e. The molecular weight excluding hydrogens is 382 g/mol. The van der Waals surface area contributed by atoms with Crippen molar-refractivity contribution in [2.24, 2.45) is 5.10 Å². The van der Waals surface area contributed by atoms with Gasteiger partial charge in [-0.2, -0.15) is 5.10 Å². The summed E-state index contributed by atoms with van der Waals surface area (Å²) in [4.78, 5) is 26.6. The van der Waals surface area contributed by atoms with Crippen LogP contribution in [0.15, 0.2) is 29.4 Å². The first-order valence-corrected chi connectivity index (χ1v) is 11.2. The first-order valence-electron chi connectivity index (χ1n) is 9.37. The monoisotopic (exact) mass is 407 g/mol. The molecule has 1 aromatic carbocycles. The third-order valence-corrected chi connectivity index (χ3v) is 6.64. The van der Waals surface area contributed by atoms with Crippen LogP contribution in [0.3, 0.4) is 0 Å². The van der Waals surface area contributed by atoms with Gasteiger partial charge in [-0.25, -0.2) is 13.4 Å². The molecule has 1 atom stereocenters. The fraction of sp³-hybridized carbons (Fsp3) is 0.526. The number of hydrogen-bond acceptors (Lipinski definition) is 6. The summed E-state index contributed by atoms with van der Waals surface area (Å²) in [6.45, 7) is 2.78. The maximum Gasteiger partial charge on any atom is 0.270 e. The molecule has 2 amide bonds. The Hall–Kier alpha value is -2.42. The van der Waals surface area contributed by atoms with Crippen LogP contribution in [0.1, 0.15) is 31.7 Å². The molecule has 1 fully saturated rings. The predicted octanol–water partition coefficient (Wildman–Crippen LogP) is 1.21. The summed E-state index contributed by atoms with van der Waals surface area (Å²) < 4.78 is 29.1. The van der Waals surface area contributed by atoms with E-state index < -0.39 is 15.9 Å². The third-order valence-electron chi connectivity index (χ3n) is 4.89. The van der Waals surface area contributed by atoms with E-state index >= 15 is 0 Å². The highest BCUT2D eigenvalue weighted by Crippen LogP contribution is 2.23. The number of rotatable bonds is 6. The minimum atomic E-state index is -3.15. The summed E-state index contributed by atoms with van der Waals surface area (Å²) in [6, 6.07) is 7.03. The van der Waals surface area contributed by atoms with E-state index in [1.54, 1.807) is 7.05 Å². The molecule has 1 saturated heterocycles. The molecule has 0 bridgehead atoms. The molecule has 0 aliphatic carbocycles. The normalized spacial score (nSPS) is 21.4. The number of amides is 2. The van der Waals surface area contributed by atoms with Crippen LogP contribution in [-0.2, 0) is 26.0 Å². The van der Waals surface area contributed by atoms with E-state index in [-0.39, 0.29) is 41.9 Å². The molecule has 2 heterocycles. The lowest BCUT2D eigenvalue weighted by molar-refractivity contribution is -0.134. The second-order valence-corrected chi connectivity index (χ2v) is 9.27. The lowest BCUT2D eigenvalue weighted by atomic mass is 10.1. The largest absolute Gasteiger partial charge is 0.494 e. The van der Waals surface area contributed by atoms with Crippen molar-refractivity contribution < 1.29 is 22.7 Å². The summed E-state index contributed by atoms with van der Waals surface area (Å²) in [5.74, 6) is 0.172. The van der Waals surface area contributed by atoms with Gasteiger partial charge >= 0.3 is 0 Å². The van der Waals surface area contributed by atoms with E-state index in [2.05, 4.69) is 5.10 Å². The molecule has 2 aliphatic heterocycles. The molecule has 1 aromatic rings. The second-order valence-electron chi connectivity index (χ2n) is 7.04. The van der Waals surface area contributed by atoms with Gasteiger partial charge in [0.15, 0.2) is 9.84 Å². The van der Waals surface area contributed by atoms with Crippen LogP contribution >= 0.6 is 0 Å². The molecule has 0 radical (unpaired) electrons. The second kappa shape index (κ2) is 8.30. The number of sulfone groups is 1. The van der Waals surface area contributed by atoms with E-state index in [1.807, 2.05) is 31.2 Å². The summed E-state index contributed by atoms with van der Waals surface area (Å²) in [7, 11) is -1.47. The highest BCUT2D eigenvalue weighted by atomic mass is 32.2. The summed E-state index contributed by atoms with van der Waals surface area (Å²) in [6.07, 6.45) is 0.770. The highest BCUT2D eigenvalue weighted by molar-refractivity contribution is 7.91. The van der Waals surface area contributed by atoms with E-state index in [4.69, 9.17) is 4.74 Å². The van der Waals surface area contributed by atoms with Crippen molar-refractivity contribution in [1.29, 1.82) is 0 Å². The third kappa shape index (κ3) is 4.52. The number of ether oxygens (including phenoxy) is 1. The van der Waals surface area contributed by atoms with Crippen LogP contribution in [0.5, 0.6) is 5.75 Å². The van der Waals surface area contributed by atoms with Crippen LogP contribution in [0, 0.1) is 0 Å². The van der Waals surface area contributed by atoms with Crippen molar-refractivity contribution in [1.82, 2.24) is 9.91 Å². The number of carbonyl (C=O) groups is 2. The van der Waals surface area contributed by atoms with Crippen molar-refractivity contribution >= 4 is 27.4 Å². The summed E-state index contributed by atoms with van der Waals surface area (Å²) in [5, 5.41) is 5.46. The molecule has 152 valence electrons. The number of para-hydroxylation sites is 1. The Bertz CT molecular complexity index is 897. The van der Waals surface area contributed by atoms with Gasteiger partial charge in [0.25, 0.3) is 5.91 Å². The zero-order chi connectivity index (χ0) is 20.3. The number of benzene rings is 1. The van der Waals surface area contributed by atoms with Gasteiger partial charge in [-0.1, -0.05) is 18.2 Å². The Labute approximate surface area is 165 Å². The standard InChI is InChI=1S/C19H25N3O5S/c1-3-27-17-7-5-4-6-14(17)12-21(2)19(24)16-8-9-18(23)22(20-16)15-10-11-28(25,26)13-15/h4-7,15H,3,8-13H2,1-2H3. The van der Waals surface area contributed by atoms with Crippen LogP contribution in [0.25, 0.3) is 0 Å². The fourth-order valence-electron chi connectivity index (χ4n) is 3.46. The molecule has 28 heavy (non-hydrogen) atoms. The lowest BCUT2D eigenvalue weighted by Crippen LogP contribution is -2.44. The van der Waals surface area contributed by atoms with Gasteiger partial charge in [0.05, 0.1) is 24.2 Å². The molecule has 0 saturated carbocycles. The Morgan fingerprint density at radius 3 is 2.75 bits per heavy atom. The van der Waals surface area contributed by atoms with Gasteiger partial charge in [-0.05, 0) is 19.4 Å². The van der Waals surface area contributed by atoms with Gasteiger partial charge in [-0.15, -0.1) is 0 Å². The Kier molecular flexibility index (Phi) is 6.02. The highest BCUT2D eigenvalue weighted by Gasteiger charge is 2.37. The quantitative estimate of drug-likeness (QED) is 0.706. The van der Waals surface area contributed by atoms with Crippen LogP contribution in [0.4, 0.5) is 0 Å². The number of hydrogen-bond donors (Lipinski definition) is 0. The molecule has 0 aromatic heterocycles. The molecule has 0 spiro atoms. The minimum Gasteiger partial charge on any atom is -0.494 e. The lowest BCUT2D eigenvalue weighted by Gasteiger charge is -2.29. The van der Waals surface area contributed by atoms with Crippen LogP contribution in [-0.4, -0.2) is 67.1 Å². The average molecular weight is 407 g/mol. The molecule has 8 nitrogen and oxygen atoms in total. The first-order chi connectivity index (χ1) is 13.3. The fourth-order valence-corrected chi connectivity index (χ4v) is 5.15. The maximum absolute atomic E-state index is 12.9. The van der Waals surface area contributed by atoms with Gasteiger partial charge < -0.3 is 9.64 Å². The van der Waals surface area contributed by atoms with Crippen molar-refractivity contribution in [2.45, 2.75) is 38.8 Å². The van der Waals surface area contributed by atoms with Gasteiger partial charge in [0, 0.05) is 32.0 Å². The maximum atomic E-state index is 12.9. The van der Waals surface area contributed by atoms with E-state index in [0.717, 1.165) is 11.3 Å². The van der Waals surface area contributed by atoms with Crippen molar-refractivity contribution in [3.63, 3.8) is 0 Å². The van der Waals surface area contributed by atoms with Crippen molar-refractivity contribution in [2.75, 3.05) is 25.2 Å². The van der Waals surface area contributed by atoms with Crippen molar-refractivity contribution in [3.8, 4) is 5.75 Å². The number of carbonyl (C=O) groups excluding carboxylic acids is 2. The Morgan fingerprint density at radius 2 is 2.07 bits per heavy atom. The molecule has 0 N–H and O–H groups in total. The zero-order valence-corrected chi connectivity index (χ0v) is 16.9. The van der Waals surface area contributed by atoms with Gasteiger partial charge in [0.2, 0.25) is 5.91 Å². The Balaban J connectivity index is 1.74. The topological polar surface area (TPSA) is 96.3 Å². The van der Waals surface area contributed by atoms with E-state index in [1.165, 1.54) is 9.91 Å².